The molecule has 2 aromatic heterocycles. The summed E-state index contributed by atoms with van der Waals surface area (Å²) < 4.78 is 7.67. The lowest BCUT2D eigenvalue weighted by Gasteiger charge is -2.08. The van der Waals surface area contributed by atoms with Crippen molar-refractivity contribution in [2.75, 3.05) is 5.75 Å². The molecule has 1 aliphatic carbocycles. The number of hydrogen-bond acceptors (Lipinski definition) is 4. The molecular weight excluding hydrogens is 370 g/mol. The highest BCUT2D eigenvalue weighted by molar-refractivity contribution is 7.99. The summed E-state index contributed by atoms with van der Waals surface area (Å²) in [5.74, 6) is 1.18. The van der Waals surface area contributed by atoms with Crippen LogP contribution >= 0.6 is 11.8 Å². The van der Waals surface area contributed by atoms with Crippen LogP contribution in [0.25, 0.3) is 11.0 Å². The average Bonchev–Trinajstić information content (AvgIpc) is 3.45. The van der Waals surface area contributed by atoms with Crippen LogP contribution in [0.1, 0.15) is 58.7 Å². The van der Waals surface area contributed by atoms with Gasteiger partial charge in [-0.1, -0.05) is 19.1 Å². The Labute approximate surface area is 168 Å². The highest BCUT2D eigenvalue weighted by Gasteiger charge is 2.28. The van der Waals surface area contributed by atoms with Gasteiger partial charge in [0.2, 0.25) is 0 Å². The Bertz CT molecular complexity index is 1100. The Balaban J connectivity index is 1.49. The minimum Gasteiger partial charge on any atom is -0.423 e. The second kappa shape index (κ2) is 7.63. The molecular formula is C23H25NO3S. The van der Waals surface area contributed by atoms with E-state index in [0.717, 1.165) is 34.2 Å². The number of aryl methyl sites for hydroxylation is 2. The minimum absolute atomic E-state index is 0.158. The molecule has 28 heavy (non-hydrogen) atoms. The number of hydrogen-bond donors (Lipinski definition) is 0. The first-order valence-corrected chi connectivity index (χ1v) is 11.0. The number of ketones is 1. The number of rotatable bonds is 7. The van der Waals surface area contributed by atoms with Crippen molar-refractivity contribution < 1.29 is 9.21 Å². The summed E-state index contributed by atoms with van der Waals surface area (Å²) in [5.41, 5.74) is 5.45. The third-order valence-corrected chi connectivity index (χ3v) is 6.47. The van der Waals surface area contributed by atoms with Gasteiger partial charge in [-0.2, -0.15) is 0 Å². The highest BCUT2D eigenvalue weighted by atomic mass is 32.2. The second-order valence-corrected chi connectivity index (χ2v) is 8.56. The zero-order valence-electron chi connectivity index (χ0n) is 16.6. The molecule has 0 bridgehead atoms. The molecule has 1 saturated carbocycles. The first-order valence-electron chi connectivity index (χ1n) is 9.83. The Hall–Kier alpha value is -2.27. The third kappa shape index (κ3) is 3.68. The quantitative estimate of drug-likeness (QED) is 0.406. The lowest BCUT2D eigenvalue weighted by molar-refractivity contribution is 0.102. The van der Waals surface area contributed by atoms with E-state index < -0.39 is 0 Å². The number of carbonyl (C=O) groups is 1. The lowest BCUT2D eigenvalue weighted by atomic mass is 10.1. The highest BCUT2D eigenvalue weighted by Crippen LogP contribution is 2.38. The van der Waals surface area contributed by atoms with Crippen molar-refractivity contribution in [3.63, 3.8) is 0 Å². The zero-order chi connectivity index (χ0) is 19.8. The summed E-state index contributed by atoms with van der Waals surface area (Å²) in [6.07, 6.45) is 3.32. The summed E-state index contributed by atoms with van der Waals surface area (Å²) in [4.78, 5) is 24.7. The van der Waals surface area contributed by atoms with Crippen LogP contribution in [0.5, 0.6) is 0 Å². The molecule has 0 spiro atoms. The number of nitrogens with zero attached hydrogens (tertiary/aromatic N) is 1. The number of thioether (sulfide) groups is 1. The van der Waals surface area contributed by atoms with Gasteiger partial charge >= 0.3 is 5.63 Å². The Morgan fingerprint density at radius 1 is 1.21 bits per heavy atom. The largest absolute Gasteiger partial charge is 0.423 e. The van der Waals surface area contributed by atoms with Crippen molar-refractivity contribution in [3.05, 3.63) is 68.8 Å². The maximum absolute atomic E-state index is 12.8. The van der Waals surface area contributed by atoms with Gasteiger partial charge in [0.25, 0.3) is 0 Å². The topological polar surface area (TPSA) is 52.2 Å². The molecule has 0 radical (unpaired) electrons. The molecule has 146 valence electrons. The summed E-state index contributed by atoms with van der Waals surface area (Å²) in [6, 6.07) is 10.2. The van der Waals surface area contributed by atoms with E-state index in [0.29, 0.717) is 23.1 Å². The van der Waals surface area contributed by atoms with Gasteiger partial charge in [0.15, 0.2) is 5.78 Å². The molecule has 0 atom stereocenters. The smallest absolute Gasteiger partial charge is 0.336 e. The van der Waals surface area contributed by atoms with Crippen molar-refractivity contribution >= 4 is 28.5 Å². The fourth-order valence-electron chi connectivity index (χ4n) is 3.90. The van der Waals surface area contributed by atoms with E-state index in [1.165, 1.54) is 18.5 Å². The van der Waals surface area contributed by atoms with Crippen LogP contribution in [0.15, 0.2) is 39.5 Å². The van der Waals surface area contributed by atoms with Gasteiger partial charge in [-0.25, -0.2) is 4.79 Å². The van der Waals surface area contributed by atoms with E-state index in [9.17, 15) is 9.59 Å². The van der Waals surface area contributed by atoms with Crippen LogP contribution in [0.3, 0.4) is 0 Å². The van der Waals surface area contributed by atoms with E-state index in [1.807, 2.05) is 25.1 Å². The molecule has 0 unspecified atom stereocenters. The van der Waals surface area contributed by atoms with Crippen molar-refractivity contribution in [2.45, 2.75) is 51.8 Å². The molecule has 1 aromatic carbocycles. The second-order valence-electron chi connectivity index (χ2n) is 7.58. The average molecular weight is 396 g/mol. The van der Waals surface area contributed by atoms with Crippen molar-refractivity contribution in [2.24, 2.45) is 0 Å². The Morgan fingerprint density at radius 2 is 2.00 bits per heavy atom. The van der Waals surface area contributed by atoms with E-state index in [2.05, 4.69) is 24.5 Å². The fourth-order valence-corrected chi connectivity index (χ4v) is 4.80. The summed E-state index contributed by atoms with van der Waals surface area (Å²) in [7, 11) is 0. The van der Waals surface area contributed by atoms with E-state index in [1.54, 1.807) is 17.8 Å². The van der Waals surface area contributed by atoms with Crippen LogP contribution in [0, 0.1) is 13.8 Å². The van der Waals surface area contributed by atoms with Crippen molar-refractivity contribution in [1.82, 2.24) is 4.57 Å². The van der Waals surface area contributed by atoms with Gasteiger partial charge < -0.3 is 8.98 Å². The van der Waals surface area contributed by atoms with Gasteiger partial charge in [0.05, 0.1) is 5.75 Å². The summed E-state index contributed by atoms with van der Waals surface area (Å²) in [5, 5.41) is 0.948. The number of Topliss-reactive ketones (excluding diaryl/α,β-unsaturated/α-hetero) is 1. The van der Waals surface area contributed by atoms with Crippen LogP contribution in [-0.4, -0.2) is 16.1 Å². The molecule has 0 amide bonds. The fraction of sp³-hybridized carbons (Fsp3) is 0.391. The van der Waals surface area contributed by atoms with Crippen molar-refractivity contribution in [1.29, 1.82) is 0 Å². The van der Waals surface area contributed by atoms with E-state index in [4.69, 9.17) is 4.42 Å². The Kier molecular flexibility index (Phi) is 5.19. The first kappa shape index (κ1) is 19.1. The monoisotopic (exact) mass is 395 g/mol. The number of carbonyl (C=O) groups excluding carboxylic acids is 1. The number of fused-ring (bicyclic) bond motifs is 1. The predicted molar refractivity (Wildman–Crippen MR) is 115 cm³/mol. The standard InChI is InChI=1S/C23H25NO3S/c1-4-16-5-8-19-17(11-23(26)27-22(19)10-16)12-28-13-21(25)20-9-14(2)24(15(20)3)18-6-7-18/h5,8-11,18H,4,6-7,12-13H2,1-3H3. The van der Waals surface area contributed by atoms with Gasteiger partial charge in [0.1, 0.15) is 5.58 Å². The molecule has 0 aliphatic heterocycles. The van der Waals surface area contributed by atoms with Crippen LogP contribution in [0.2, 0.25) is 0 Å². The summed E-state index contributed by atoms with van der Waals surface area (Å²) >= 11 is 1.55. The van der Waals surface area contributed by atoms with E-state index in [-0.39, 0.29) is 11.4 Å². The molecule has 4 nitrogen and oxygen atoms in total. The van der Waals surface area contributed by atoms with Crippen LogP contribution < -0.4 is 5.63 Å². The molecule has 1 aliphatic rings. The maximum Gasteiger partial charge on any atom is 0.336 e. The molecule has 0 saturated heterocycles. The molecule has 4 rings (SSSR count). The van der Waals surface area contributed by atoms with Gasteiger partial charge in [0, 0.05) is 40.2 Å². The van der Waals surface area contributed by atoms with Gasteiger partial charge in [-0.05, 0) is 56.4 Å². The SMILES string of the molecule is CCc1ccc2c(CSCC(=O)c3cc(C)n(C4CC4)c3C)cc(=O)oc2c1. The molecule has 1 fully saturated rings. The maximum atomic E-state index is 12.8. The Morgan fingerprint density at radius 3 is 2.71 bits per heavy atom. The number of benzene rings is 1. The molecule has 0 N–H and O–H groups in total. The van der Waals surface area contributed by atoms with Crippen molar-refractivity contribution in [3.8, 4) is 0 Å². The minimum atomic E-state index is -0.337. The summed E-state index contributed by atoms with van der Waals surface area (Å²) in [6.45, 7) is 6.20. The van der Waals surface area contributed by atoms with Gasteiger partial charge in [-0.15, -0.1) is 11.8 Å². The van der Waals surface area contributed by atoms with E-state index >= 15 is 0 Å². The normalized spacial score (nSPS) is 14.0. The first-order chi connectivity index (χ1) is 13.5. The van der Waals surface area contributed by atoms with Crippen LogP contribution in [0.4, 0.5) is 0 Å². The molecule has 5 heteroatoms. The molecule has 2 heterocycles. The molecule has 3 aromatic rings. The number of aromatic nitrogens is 1. The third-order valence-electron chi connectivity index (χ3n) is 5.49. The zero-order valence-corrected chi connectivity index (χ0v) is 17.4. The van der Waals surface area contributed by atoms with Crippen LogP contribution in [-0.2, 0) is 12.2 Å². The predicted octanol–water partition coefficient (Wildman–Crippen LogP) is 5.22. The lowest BCUT2D eigenvalue weighted by Crippen LogP contribution is -2.06. The van der Waals surface area contributed by atoms with Gasteiger partial charge in [-0.3, -0.25) is 4.79 Å².